The minimum atomic E-state index is -1.27. The molecular formula is C6HCl2F3. The van der Waals surface area contributed by atoms with Crippen molar-refractivity contribution in [2.75, 3.05) is 0 Å². The van der Waals surface area contributed by atoms with Crippen LogP contribution in [0.3, 0.4) is 0 Å². The van der Waals surface area contributed by atoms with E-state index in [0.29, 0.717) is 6.07 Å². The van der Waals surface area contributed by atoms with Crippen LogP contribution in [0, 0.1) is 17.5 Å². The average Bonchev–Trinajstić information content (AvgIpc) is 1.97. The van der Waals surface area contributed by atoms with Crippen LogP contribution in [-0.2, 0) is 0 Å². The Morgan fingerprint density at radius 3 is 1.64 bits per heavy atom. The van der Waals surface area contributed by atoms with Crippen molar-refractivity contribution in [2.45, 2.75) is 0 Å². The van der Waals surface area contributed by atoms with Gasteiger partial charge in [-0.05, 0) is 0 Å². The van der Waals surface area contributed by atoms with E-state index in [1.54, 1.807) is 0 Å². The van der Waals surface area contributed by atoms with Crippen LogP contribution in [-0.4, -0.2) is 0 Å². The van der Waals surface area contributed by atoms with Crippen molar-refractivity contribution in [3.63, 3.8) is 0 Å². The van der Waals surface area contributed by atoms with Crippen LogP contribution in [0.15, 0.2) is 6.07 Å². The fraction of sp³-hybridized carbons (Fsp3) is 0. The molecule has 0 fully saturated rings. The molecule has 0 atom stereocenters. The molecule has 0 N–H and O–H groups in total. The summed E-state index contributed by atoms with van der Waals surface area (Å²) in [4.78, 5) is 0. The molecule has 0 nitrogen and oxygen atoms in total. The highest BCUT2D eigenvalue weighted by Crippen LogP contribution is 2.27. The van der Waals surface area contributed by atoms with Crippen LogP contribution in [0.1, 0.15) is 0 Å². The summed E-state index contributed by atoms with van der Waals surface area (Å²) in [7, 11) is 0. The first kappa shape index (κ1) is 8.68. The van der Waals surface area contributed by atoms with E-state index in [9.17, 15) is 13.2 Å². The van der Waals surface area contributed by atoms with Gasteiger partial charge in [-0.3, -0.25) is 0 Å². The van der Waals surface area contributed by atoms with Crippen molar-refractivity contribution < 1.29 is 13.2 Å². The van der Waals surface area contributed by atoms with E-state index in [1.807, 2.05) is 0 Å². The van der Waals surface area contributed by atoms with Crippen molar-refractivity contribution in [3.05, 3.63) is 33.6 Å². The van der Waals surface area contributed by atoms with Gasteiger partial charge in [0.15, 0.2) is 5.82 Å². The Morgan fingerprint density at radius 1 is 0.909 bits per heavy atom. The summed E-state index contributed by atoms with van der Waals surface area (Å²) >= 11 is 10.1. The van der Waals surface area contributed by atoms with Gasteiger partial charge in [0.25, 0.3) is 0 Å². The number of rotatable bonds is 0. The normalized spacial score (nSPS) is 10.3. The second-order valence-corrected chi connectivity index (χ2v) is 2.54. The second kappa shape index (κ2) is 2.91. The van der Waals surface area contributed by atoms with Gasteiger partial charge in [0.05, 0.1) is 0 Å². The Kier molecular flexibility index (Phi) is 2.30. The number of halogens is 5. The van der Waals surface area contributed by atoms with Crippen molar-refractivity contribution in [1.29, 1.82) is 0 Å². The molecular weight excluding hydrogens is 200 g/mol. The predicted octanol–water partition coefficient (Wildman–Crippen LogP) is 3.41. The first-order valence-electron chi connectivity index (χ1n) is 2.52. The standard InChI is InChI=1S/C6HCl2F3/c7-4-2(9)1-3(10)5(8)6(4)11/h1H. The van der Waals surface area contributed by atoms with Gasteiger partial charge in [-0.1, -0.05) is 23.2 Å². The monoisotopic (exact) mass is 200 g/mol. The maximum Gasteiger partial charge on any atom is 0.166 e. The lowest BCUT2D eigenvalue weighted by molar-refractivity contribution is 0.544. The van der Waals surface area contributed by atoms with Crippen LogP contribution in [0.4, 0.5) is 13.2 Å². The molecule has 0 radical (unpaired) electrons. The summed E-state index contributed by atoms with van der Waals surface area (Å²) in [5.41, 5.74) is 0. The molecule has 1 aromatic rings. The quantitative estimate of drug-likeness (QED) is 0.445. The molecule has 1 rings (SSSR count). The van der Waals surface area contributed by atoms with Crippen LogP contribution in [0.25, 0.3) is 0 Å². The smallest absolute Gasteiger partial charge is 0.166 e. The third-order valence-electron chi connectivity index (χ3n) is 1.06. The molecule has 60 valence electrons. The van der Waals surface area contributed by atoms with Gasteiger partial charge >= 0.3 is 0 Å². The van der Waals surface area contributed by atoms with E-state index in [1.165, 1.54) is 0 Å². The number of hydrogen-bond acceptors (Lipinski definition) is 0. The summed E-state index contributed by atoms with van der Waals surface area (Å²) in [6, 6.07) is 0.424. The molecule has 1 aromatic carbocycles. The zero-order valence-electron chi connectivity index (χ0n) is 4.97. The summed E-state index contributed by atoms with van der Waals surface area (Å²) in [6.45, 7) is 0. The van der Waals surface area contributed by atoms with Crippen LogP contribution >= 0.6 is 23.2 Å². The van der Waals surface area contributed by atoms with E-state index >= 15 is 0 Å². The third-order valence-corrected chi connectivity index (χ3v) is 1.75. The zero-order valence-corrected chi connectivity index (χ0v) is 6.48. The summed E-state index contributed by atoms with van der Waals surface area (Å²) in [6.07, 6.45) is 0. The van der Waals surface area contributed by atoms with Gasteiger partial charge in [-0.25, -0.2) is 13.2 Å². The predicted molar refractivity (Wildman–Crippen MR) is 36.3 cm³/mol. The molecule has 0 saturated heterocycles. The molecule has 0 saturated carbocycles. The third kappa shape index (κ3) is 1.44. The molecule has 0 bridgehead atoms. The molecule has 0 aliphatic carbocycles. The van der Waals surface area contributed by atoms with E-state index < -0.39 is 27.5 Å². The molecule has 0 amide bonds. The van der Waals surface area contributed by atoms with E-state index in [-0.39, 0.29) is 0 Å². The lowest BCUT2D eigenvalue weighted by Gasteiger charge is -1.98. The highest BCUT2D eigenvalue weighted by Gasteiger charge is 2.14. The van der Waals surface area contributed by atoms with Gasteiger partial charge in [-0.2, -0.15) is 0 Å². The second-order valence-electron chi connectivity index (χ2n) is 1.78. The topological polar surface area (TPSA) is 0 Å². The Hall–Kier alpha value is -0.410. The average molecular weight is 201 g/mol. The van der Waals surface area contributed by atoms with Crippen molar-refractivity contribution in [2.24, 2.45) is 0 Å². The van der Waals surface area contributed by atoms with Crippen LogP contribution in [0.2, 0.25) is 10.0 Å². The SMILES string of the molecule is Fc1cc(F)c(Cl)c(F)c1Cl. The minimum Gasteiger partial charge on any atom is -0.205 e. The summed E-state index contributed by atoms with van der Waals surface area (Å²) < 4.78 is 37.2. The van der Waals surface area contributed by atoms with Crippen molar-refractivity contribution in [1.82, 2.24) is 0 Å². The molecule has 0 aliphatic rings. The molecule has 0 unspecified atom stereocenters. The molecule has 0 aromatic heterocycles. The zero-order chi connectivity index (χ0) is 8.59. The Morgan fingerprint density at radius 2 is 1.27 bits per heavy atom. The highest BCUT2D eigenvalue weighted by molar-refractivity contribution is 6.35. The minimum absolute atomic E-state index is 0.424. The fourth-order valence-electron chi connectivity index (χ4n) is 0.544. The summed E-state index contributed by atoms with van der Waals surface area (Å²) in [5.74, 6) is -3.59. The molecule has 5 heteroatoms. The molecule has 11 heavy (non-hydrogen) atoms. The van der Waals surface area contributed by atoms with Gasteiger partial charge in [0.2, 0.25) is 0 Å². The molecule has 0 heterocycles. The maximum atomic E-state index is 12.5. The van der Waals surface area contributed by atoms with Gasteiger partial charge < -0.3 is 0 Å². The van der Waals surface area contributed by atoms with Crippen LogP contribution in [0.5, 0.6) is 0 Å². The fourth-order valence-corrected chi connectivity index (χ4v) is 0.890. The lowest BCUT2D eigenvalue weighted by Crippen LogP contribution is -1.89. The first-order valence-corrected chi connectivity index (χ1v) is 3.28. The van der Waals surface area contributed by atoms with Gasteiger partial charge in [-0.15, -0.1) is 0 Å². The van der Waals surface area contributed by atoms with E-state index in [2.05, 4.69) is 0 Å². The number of benzene rings is 1. The van der Waals surface area contributed by atoms with Gasteiger partial charge in [0, 0.05) is 6.07 Å². The summed E-state index contributed by atoms with van der Waals surface area (Å²) in [5, 5.41) is -1.59. The maximum absolute atomic E-state index is 12.5. The van der Waals surface area contributed by atoms with E-state index in [0.717, 1.165) is 0 Å². The largest absolute Gasteiger partial charge is 0.205 e. The van der Waals surface area contributed by atoms with Crippen LogP contribution < -0.4 is 0 Å². The van der Waals surface area contributed by atoms with Crippen molar-refractivity contribution in [3.8, 4) is 0 Å². The molecule has 0 spiro atoms. The Labute approximate surface area is 70.5 Å². The lowest BCUT2D eigenvalue weighted by atomic mass is 10.3. The number of hydrogen-bond donors (Lipinski definition) is 0. The van der Waals surface area contributed by atoms with Crippen molar-refractivity contribution >= 4 is 23.2 Å². The van der Waals surface area contributed by atoms with Gasteiger partial charge in [0.1, 0.15) is 21.7 Å². The molecule has 0 aliphatic heterocycles. The van der Waals surface area contributed by atoms with E-state index in [4.69, 9.17) is 23.2 Å². The first-order chi connectivity index (χ1) is 5.04. The Balaban J connectivity index is 3.46. The highest BCUT2D eigenvalue weighted by atomic mass is 35.5. The Bertz CT molecular complexity index is 272.